The number of hydrogen-bond donors (Lipinski definition) is 1. The van der Waals surface area contributed by atoms with Crippen molar-refractivity contribution in [3.63, 3.8) is 0 Å². The molecule has 0 unspecified atom stereocenters. The molecule has 0 fully saturated rings. The lowest BCUT2D eigenvalue weighted by Gasteiger charge is -2.27. The van der Waals surface area contributed by atoms with E-state index in [1.807, 2.05) is 25.2 Å². The van der Waals surface area contributed by atoms with E-state index in [0.717, 1.165) is 28.6 Å². The van der Waals surface area contributed by atoms with Crippen LogP contribution in [0.1, 0.15) is 6.92 Å². The number of anilines is 2. The summed E-state index contributed by atoms with van der Waals surface area (Å²) in [5.74, 6) is 0. The third-order valence-electron chi connectivity index (χ3n) is 3.17. The molecule has 2 rings (SSSR count). The maximum atomic E-state index is 10.6. The summed E-state index contributed by atoms with van der Waals surface area (Å²) in [6.07, 6.45) is 0. The smallest absolute Gasteiger partial charge is 0.326 e. The van der Waals surface area contributed by atoms with E-state index in [-0.39, 0.29) is 16.0 Å². The predicted molar refractivity (Wildman–Crippen MR) is 83.8 cm³/mol. The molecule has 0 aliphatic carbocycles. The highest BCUT2D eigenvalue weighted by atomic mass is 32.1. The fraction of sp³-hybridized carbons (Fsp3) is 0.286. The lowest BCUT2D eigenvalue weighted by atomic mass is 10.2. The number of hydrogen-bond acceptors (Lipinski definition) is 5. The summed E-state index contributed by atoms with van der Waals surface area (Å²) in [6, 6.07) is 13.7. The summed E-state index contributed by atoms with van der Waals surface area (Å²) < 4.78 is 0. The minimum atomic E-state index is -0.366. The quantitative estimate of drug-likeness (QED) is 0.652. The first-order valence-electron chi connectivity index (χ1n) is 6.34. The number of thiophene rings is 1. The molecule has 1 aromatic heterocycles. The van der Waals surface area contributed by atoms with Gasteiger partial charge in [-0.25, -0.2) is 0 Å². The Morgan fingerprint density at radius 3 is 2.60 bits per heavy atom. The molecule has 2 aromatic rings. The van der Waals surface area contributed by atoms with E-state index in [1.165, 1.54) is 6.07 Å². The maximum absolute atomic E-state index is 10.6. The molecule has 20 heavy (non-hydrogen) atoms. The molecule has 1 N–H and O–H groups in total. The number of rotatable bonds is 6. The number of para-hydroxylation sites is 1. The first kappa shape index (κ1) is 14.3. The van der Waals surface area contributed by atoms with Crippen LogP contribution in [0.15, 0.2) is 42.5 Å². The van der Waals surface area contributed by atoms with Crippen LogP contribution in [-0.4, -0.2) is 24.6 Å². The topological polar surface area (TPSA) is 58.4 Å². The van der Waals surface area contributed by atoms with E-state index in [9.17, 15) is 10.1 Å². The van der Waals surface area contributed by atoms with Gasteiger partial charge in [0.1, 0.15) is 0 Å². The van der Waals surface area contributed by atoms with Gasteiger partial charge in [0, 0.05) is 31.4 Å². The molecule has 0 spiro atoms. The van der Waals surface area contributed by atoms with Crippen LogP contribution in [-0.2, 0) is 0 Å². The monoisotopic (exact) mass is 291 g/mol. The fourth-order valence-electron chi connectivity index (χ4n) is 1.82. The molecule has 106 valence electrons. The molecule has 1 heterocycles. The highest BCUT2D eigenvalue weighted by molar-refractivity contribution is 7.19. The van der Waals surface area contributed by atoms with Crippen LogP contribution in [0.5, 0.6) is 0 Å². The number of nitro groups is 1. The highest BCUT2D eigenvalue weighted by Crippen LogP contribution is 2.28. The van der Waals surface area contributed by atoms with Crippen molar-refractivity contribution < 1.29 is 4.92 Å². The Hall–Kier alpha value is -2.08. The van der Waals surface area contributed by atoms with E-state index in [0.29, 0.717) is 0 Å². The molecule has 0 bridgehead atoms. The molecule has 1 aromatic carbocycles. The first-order chi connectivity index (χ1) is 9.58. The van der Waals surface area contributed by atoms with E-state index >= 15 is 0 Å². The van der Waals surface area contributed by atoms with Gasteiger partial charge < -0.3 is 10.2 Å². The van der Waals surface area contributed by atoms with Crippen molar-refractivity contribution >= 4 is 27.0 Å². The van der Waals surface area contributed by atoms with Gasteiger partial charge in [0.25, 0.3) is 0 Å². The lowest BCUT2D eigenvalue weighted by Crippen LogP contribution is -2.34. The fourth-order valence-corrected chi connectivity index (χ4v) is 2.55. The minimum Gasteiger partial charge on any atom is -0.375 e. The van der Waals surface area contributed by atoms with E-state index in [2.05, 4.69) is 29.3 Å². The molecule has 0 aliphatic rings. The second kappa shape index (κ2) is 6.38. The van der Waals surface area contributed by atoms with Crippen molar-refractivity contribution in [1.29, 1.82) is 0 Å². The second-order valence-electron chi connectivity index (χ2n) is 4.57. The molecule has 0 amide bonds. The second-order valence-corrected chi connectivity index (χ2v) is 5.63. The molecular weight excluding hydrogens is 274 g/mol. The van der Waals surface area contributed by atoms with E-state index in [4.69, 9.17) is 0 Å². The van der Waals surface area contributed by atoms with Crippen LogP contribution in [0.4, 0.5) is 15.7 Å². The standard InChI is InChI=1S/C14H17N3O2S/c1-11(16(2)12-6-4-3-5-7-12)10-15-13-8-9-14(20-13)17(18)19/h3-9,11,15H,10H2,1-2H3/t11-/m0/s1. The first-order valence-corrected chi connectivity index (χ1v) is 7.15. The lowest BCUT2D eigenvalue weighted by molar-refractivity contribution is -0.380. The Morgan fingerprint density at radius 2 is 2.00 bits per heavy atom. The maximum Gasteiger partial charge on any atom is 0.326 e. The van der Waals surface area contributed by atoms with Crippen LogP contribution in [0.2, 0.25) is 0 Å². The van der Waals surface area contributed by atoms with E-state index < -0.39 is 0 Å². The molecular formula is C14H17N3O2S. The zero-order valence-corrected chi connectivity index (χ0v) is 12.3. The van der Waals surface area contributed by atoms with Gasteiger partial charge in [-0.1, -0.05) is 18.2 Å². The number of benzene rings is 1. The summed E-state index contributed by atoms with van der Waals surface area (Å²) in [5, 5.41) is 14.9. The molecule has 1 atom stereocenters. The molecule has 0 saturated heterocycles. The molecule has 0 saturated carbocycles. The van der Waals surface area contributed by atoms with Gasteiger partial charge >= 0.3 is 5.00 Å². The normalized spacial score (nSPS) is 11.9. The molecule has 6 heteroatoms. The molecule has 0 radical (unpaired) electrons. The van der Waals surface area contributed by atoms with Crippen LogP contribution in [0.25, 0.3) is 0 Å². The van der Waals surface area contributed by atoms with Crippen molar-refractivity contribution in [2.75, 3.05) is 23.8 Å². The SMILES string of the molecule is C[C@@H](CNc1ccc([N+](=O)[O-])s1)N(C)c1ccccc1. The largest absolute Gasteiger partial charge is 0.375 e. The number of likely N-dealkylation sites (N-methyl/N-ethyl adjacent to an activating group) is 1. The van der Waals surface area contributed by atoms with Crippen molar-refractivity contribution in [2.45, 2.75) is 13.0 Å². The zero-order chi connectivity index (χ0) is 14.5. The van der Waals surface area contributed by atoms with E-state index in [1.54, 1.807) is 6.07 Å². The Kier molecular flexibility index (Phi) is 4.57. The van der Waals surface area contributed by atoms with Crippen LogP contribution < -0.4 is 10.2 Å². The minimum absolute atomic E-state index is 0.163. The van der Waals surface area contributed by atoms with Gasteiger partial charge in [-0.3, -0.25) is 10.1 Å². The number of nitrogens with zero attached hydrogens (tertiary/aromatic N) is 2. The van der Waals surface area contributed by atoms with Crippen molar-refractivity contribution in [2.24, 2.45) is 0 Å². The average Bonchev–Trinajstić information content (AvgIpc) is 2.94. The van der Waals surface area contributed by atoms with Crippen LogP contribution in [0.3, 0.4) is 0 Å². The van der Waals surface area contributed by atoms with Gasteiger partial charge in [-0.05, 0) is 36.5 Å². The van der Waals surface area contributed by atoms with Gasteiger partial charge in [-0.15, -0.1) is 0 Å². The molecule has 0 aliphatic heterocycles. The Balaban J connectivity index is 1.91. The Labute approximate surface area is 122 Å². The summed E-state index contributed by atoms with van der Waals surface area (Å²) in [6.45, 7) is 2.84. The Bertz CT molecular complexity index is 571. The van der Waals surface area contributed by atoms with Gasteiger partial charge in [-0.2, -0.15) is 0 Å². The highest BCUT2D eigenvalue weighted by Gasteiger charge is 2.12. The average molecular weight is 291 g/mol. The number of nitrogens with one attached hydrogen (secondary N) is 1. The third-order valence-corrected chi connectivity index (χ3v) is 4.16. The van der Waals surface area contributed by atoms with Crippen LogP contribution >= 0.6 is 11.3 Å². The third kappa shape index (κ3) is 3.48. The van der Waals surface area contributed by atoms with Crippen LogP contribution in [0, 0.1) is 10.1 Å². The van der Waals surface area contributed by atoms with Gasteiger partial charge in [0.2, 0.25) is 0 Å². The van der Waals surface area contributed by atoms with Gasteiger partial charge in [0.05, 0.1) is 9.92 Å². The van der Waals surface area contributed by atoms with Gasteiger partial charge in [0.15, 0.2) is 0 Å². The Morgan fingerprint density at radius 1 is 1.30 bits per heavy atom. The summed E-state index contributed by atoms with van der Waals surface area (Å²) in [5.41, 5.74) is 1.15. The summed E-state index contributed by atoms with van der Waals surface area (Å²) in [7, 11) is 2.04. The zero-order valence-electron chi connectivity index (χ0n) is 11.4. The summed E-state index contributed by atoms with van der Waals surface area (Å²) in [4.78, 5) is 12.4. The van der Waals surface area contributed by atoms with Crippen molar-refractivity contribution in [3.05, 3.63) is 52.6 Å². The van der Waals surface area contributed by atoms with Crippen molar-refractivity contribution in [3.8, 4) is 0 Å². The molecule has 5 nitrogen and oxygen atoms in total. The van der Waals surface area contributed by atoms with Crippen molar-refractivity contribution in [1.82, 2.24) is 0 Å². The predicted octanol–water partition coefficient (Wildman–Crippen LogP) is 3.59. The summed E-state index contributed by atoms with van der Waals surface area (Å²) >= 11 is 1.16.